The zero-order valence-corrected chi connectivity index (χ0v) is 11.8. The molecule has 0 saturated carbocycles. The summed E-state index contributed by atoms with van der Waals surface area (Å²) in [6.45, 7) is 0. The van der Waals surface area contributed by atoms with Crippen LogP contribution in [0, 0.1) is 0 Å². The number of fused-ring (bicyclic) bond motifs is 1. The number of Topliss-reactive ketones (excluding diaryl/α,β-unsaturated/α-hetero) is 1. The number of rotatable bonds is 4. The van der Waals surface area contributed by atoms with E-state index in [2.05, 4.69) is 12.5 Å². The van der Waals surface area contributed by atoms with Crippen molar-refractivity contribution in [3.8, 4) is 5.75 Å². The first kappa shape index (κ1) is 13.0. The molecule has 0 aromatic heterocycles. The number of carbonyl (C=O) groups is 1. The van der Waals surface area contributed by atoms with E-state index in [1.165, 1.54) is 0 Å². The quantitative estimate of drug-likeness (QED) is 0.676. The summed E-state index contributed by atoms with van der Waals surface area (Å²) in [7, 11) is 1.44. The molecule has 0 saturated heterocycles. The normalized spacial score (nSPS) is 11.4. The summed E-state index contributed by atoms with van der Waals surface area (Å²) in [4.78, 5) is 12.2. The minimum absolute atomic E-state index is 0.211. The van der Waals surface area contributed by atoms with E-state index in [1.54, 1.807) is 7.11 Å². The van der Waals surface area contributed by atoms with Crippen LogP contribution in [0.25, 0.3) is 10.8 Å². The first-order valence-electron chi connectivity index (χ1n) is 5.87. The molecular weight excluding hydrogens is 244 g/mol. The maximum Gasteiger partial charge on any atom is 0.171 e. The summed E-state index contributed by atoms with van der Waals surface area (Å²) in [5.41, 5.74) is 0.808. The van der Waals surface area contributed by atoms with E-state index in [9.17, 15) is 4.79 Å². The summed E-state index contributed by atoms with van der Waals surface area (Å²) < 4.78 is 5.34. The lowest BCUT2D eigenvalue weighted by atomic mass is 10.0. The number of thiol groups is 1. The molecule has 3 heteroatoms. The number of hydrogen-bond donors (Lipinski definition) is 1. The van der Waals surface area contributed by atoms with Gasteiger partial charge in [0.1, 0.15) is 5.75 Å². The van der Waals surface area contributed by atoms with Crippen LogP contribution in [-0.2, 0) is 0 Å². The van der Waals surface area contributed by atoms with Gasteiger partial charge in [0.2, 0.25) is 0 Å². The molecule has 18 heavy (non-hydrogen) atoms. The van der Waals surface area contributed by atoms with Crippen molar-refractivity contribution in [2.24, 2.45) is 0 Å². The van der Waals surface area contributed by atoms with Crippen LogP contribution in [0.4, 0.5) is 0 Å². The molecule has 96 valence electrons. The van der Waals surface area contributed by atoms with Crippen LogP contribution in [0.15, 0.2) is 36.4 Å². The van der Waals surface area contributed by atoms with Crippen molar-refractivity contribution in [3.63, 3.8) is 0 Å². The topological polar surface area (TPSA) is 26.3 Å². The lowest BCUT2D eigenvalue weighted by Gasteiger charge is -2.12. The van der Waals surface area contributed by atoms with Gasteiger partial charge in [-0.05, 0) is 30.0 Å². The average molecular weight is 262 g/mol. The van der Waals surface area contributed by atoms with Gasteiger partial charge in [-0.15, -0.1) is 0 Å². The number of ketones is 1. The zero-order valence-electron chi connectivity index (χ0n) is 10.9. The van der Waals surface area contributed by atoms with Crippen LogP contribution in [0.3, 0.4) is 0 Å². The molecule has 0 amide bonds. The second-order valence-corrected chi connectivity index (χ2v) is 7.00. The monoisotopic (exact) mass is 262 g/mol. The zero-order chi connectivity index (χ0) is 13.1. The molecule has 0 bridgehead atoms. The second kappa shape index (κ2) is 5.44. The number of methoxy groups -OCH3 is 1. The van der Waals surface area contributed by atoms with E-state index >= 15 is 0 Å². The summed E-state index contributed by atoms with van der Waals surface area (Å²) >= 11 is 0. The average Bonchev–Trinajstić information content (AvgIpc) is 2.36. The van der Waals surface area contributed by atoms with Gasteiger partial charge < -0.3 is 4.74 Å². The number of carbonyl (C=O) groups excluding carboxylic acids is 1. The van der Waals surface area contributed by atoms with Crippen LogP contribution < -0.4 is 4.74 Å². The number of hydrogen-bond acceptors (Lipinski definition) is 2. The highest BCUT2D eigenvalue weighted by Crippen LogP contribution is 2.29. The fraction of sp³-hybridized carbons (Fsp3) is 0.267. The van der Waals surface area contributed by atoms with Crippen molar-refractivity contribution < 1.29 is 9.53 Å². The summed E-state index contributed by atoms with van der Waals surface area (Å²) in [5, 5.41) is 1.99. The van der Waals surface area contributed by atoms with E-state index in [0.29, 0.717) is 5.75 Å². The molecule has 0 heterocycles. The van der Waals surface area contributed by atoms with Gasteiger partial charge in [-0.1, -0.05) is 24.3 Å². The third-order valence-corrected chi connectivity index (χ3v) is 3.78. The van der Waals surface area contributed by atoms with E-state index in [1.807, 2.05) is 36.4 Å². The van der Waals surface area contributed by atoms with Crippen LogP contribution >= 0.6 is 10.9 Å². The Morgan fingerprint density at radius 1 is 1.11 bits per heavy atom. The maximum absolute atomic E-state index is 12.2. The Hall–Kier alpha value is -1.48. The van der Waals surface area contributed by atoms with Gasteiger partial charge in [-0.3, -0.25) is 15.7 Å². The smallest absolute Gasteiger partial charge is 0.171 e. The summed E-state index contributed by atoms with van der Waals surface area (Å²) in [6.07, 6.45) is 4.25. The SMILES string of the molecule is COc1ccc(C(=O)C[SH](C)C)c2ccccc12. The summed E-state index contributed by atoms with van der Waals surface area (Å²) in [6, 6.07) is 11.7. The Balaban J connectivity index is 2.56. The molecule has 0 spiro atoms. The van der Waals surface area contributed by atoms with Crippen molar-refractivity contribution in [1.82, 2.24) is 0 Å². The van der Waals surface area contributed by atoms with Crippen molar-refractivity contribution in [1.29, 1.82) is 0 Å². The van der Waals surface area contributed by atoms with Crippen molar-refractivity contribution in [3.05, 3.63) is 42.0 Å². The van der Waals surface area contributed by atoms with Crippen molar-refractivity contribution in [2.75, 3.05) is 25.4 Å². The van der Waals surface area contributed by atoms with Gasteiger partial charge in [0, 0.05) is 16.7 Å². The summed E-state index contributed by atoms with van der Waals surface area (Å²) in [5.74, 6) is 1.69. The third-order valence-electron chi connectivity index (χ3n) is 2.86. The van der Waals surface area contributed by atoms with E-state index in [4.69, 9.17) is 4.74 Å². The van der Waals surface area contributed by atoms with Gasteiger partial charge >= 0.3 is 0 Å². The van der Waals surface area contributed by atoms with Gasteiger partial charge in [0.25, 0.3) is 0 Å². The Bertz CT molecular complexity index is 576. The Morgan fingerprint density at radius 2 is 1.78 bits per heavy atom. The Labute approximate surface area is 110 Å². The molecule has 2 nitrogen and oxygen atoms in total. The largest absolute Gasteiger partial charge is 0.496 e. The van der Waals surface area contributed by atoms with E-state index < -0.39 is 0 Å². The molecule has 2 rings (SSSR count). The van der Waals surface area contributed by atoms with Crippen molar-refractivity contribution in [2.45, 2.75) is 0 Å². The highest BCUT2D eigenvalue weighted by molar-refractivity contribution is 8.16. The molecule has 0 aliphatic rings. The maximum atomic E-state index is 12.2. The molecule has 0 aliphatic carbocycles. The Kier molecular flexibility index (Phi) is 3.92. The molecule has 0 N–H and O–H groups in total. The predicted molar refractivity (Wildman–Crippen MR) is 80.5 cm³/mol. The van der Waals surface area contributed by atoms with Gasteiger partial charge in [-0.2, -0.15) is 0 Å². The molecule has 0 atom stereocenters. The van der Waals surface area contributed by atoms with Crippen LogP contribution in [0.1, 0.15) is 10.4 Å². The molecule has 0 radical (unpaired) electrons. The first-order chi connectivity index (χ1) is 8.63. The molecule has 0 aliphatic heterocycles. The van der Waals surface area contributed by atoms with Crippen LogP contribution in [-0.4, -0.2) is 31.2 Å². The van der Waals surface area contributed by atoms with Crippen LogP contribution in [0.5, 0.6) is 5.75 Å². The van der Waals surface area contributed by atoms with Gasteiger partial charge in [-0.25, -0.2) is 0 Å². The molecule has 0 fully saturated rings. The Morgan fingerprint density at radius 3 is 2.39 bits per heavy atom. The number of ether oxygens (including phenoxy) is 1. The van der Waals surface area contributed by atoms with Gasteiger partial charge in [0.05, 0.1) is 7.11 Å². The minimum atomic E-state index is -0.211. The molecule has 0 unspecified atom stereocenters. The minimum Gasteiger partial charge on any atom is -0.496 e. The highest BCUT2D eigenvalue weighted by Gasteiger charge is 2.12. The lowest BCUT2D eigenvalue weighted by Crippen LogP contribution is -2.06. The lowest BCUT2D eigenvalue weighted by molar-refractivity contribution is 0.102. The second-order valence-electron chi connectivity index (χ2n) is 4.52. The fourth-order valence-corrected chi connectivity index (χ4v) is 2.81. The van der Waals surface area contributed by atoms with Crippen LogP contribution in [0.2, 0.25) is 0 Å². The third kappa shape index (κ3) is 2.51. The van der Waals surface area contributed by atoms with Gasteiger partial charge in [0.15, 0.2) is 5.78 Å². The standard InChI is InChI=1S/C15H18O2S/c1-17-15-9-8-12(14(16)10-18(2)3)11-6-4-5-7-13(11)15/h4-9,18H,10H2,1-3H3. The molecule has 2 aromatic carbocycles. The number of benzene rings is 2. The first-order valence-corrected chi connectivity index (χ1v) is 8.29. The van der Waals surface area contributed by atoms with E-state index in [-0.39, 0.29) is 16.7 Å². The van der Waals surface area contributed by atoms with Crippen molar-refractivity contribution >= 4 is 27.5 Å². The molecule has 2 aromatic rings. The highest BCUT2D eigenvalue weighted by atomic mass is 32.2. The molecular formula is C15H18O2S. The van der Waals surface area contributed by atoms with E-state index in [0.717, 1.165) is 22.1 Å². The predicted octanol–water partition coefficient (Wildman–Crippen LogP) is 3.29. The fourth-order valence-electron chi connectivity index (χ4n) is 2.06.